The fraction of sp³-hybridized carbons (Fsp3) is 0.150. The highest BCUT2D eigenvalue weighted by Gasteiger charge is 2.14. The molecule has 0 aliphatic rings. The monoisotopic (exact) mass is 476 g/mol. The van der Waals surface area contributed by atoms with Gasteiger partial charge in [0.1, 0.15) is 0 Å². The summed E-state index contributed by atoms with van der Waals surface area (Å²) in [7, 11) is 0. The predicted molar refractivity (Wildman–Crippen MR) is 119 cm³/mol. The molecule has 5 nitrogen and oxygen atoms in total. The number of benzene rings is 2. The van der Waals surface area contributed by atoms with Crippen LogP contribution in [-0.2, 0) is 11.3 Å². The van der Waals surface area contributed by atoms with E-state index in [1.165, 1.54) is 11.8 Å². The van der Waals surface area contributed by atoms with Gasteiger partial charge in [0.25, 0.3) is 0 Å². The summed E-state index contributed by atoms with van der Waals surface area (Å²) >= 11 is 10.8. The number of halogens is 2. The molecule has 0 spiro atoms. The summed E-state index contributed by atoms with van der Waals surface area (Å²) in [6.07, 6.45) is 1.76. The van der Waals surface area contributed by atoms with E-state index in [1.807, 2.05) is 43.3 Å². The van der Waals surface area contributed by atoms with Gasteiger partial charge < -0.3 is 5.32 Å². The minimum atomic E-state index is -0.164. The van der Waals surface area contributed by atoms with E-state index in [0.29, 0.717) is 22.4 Å². The molecule has 28 heavy (non-hydrogen) atoms. The highest BCUT2D eigenvalue weighted by Crippen LogP contribution is 2.25. The molecule has 0 saturated heterocycles. The number of nitrogens with one attached hydrogen (secondary N) is 1. The molecule has 1 aromatic heterocycles. The maximum atomic E-state index is 12.3. The molecule has 3 rings (SSSR count). The molecule has 0 fully saturated rings. The lowest BCUT2D eigenvalue weighted by molar-refractivity contribution is -0.113. The van der Waals surface area contributed by atoms with Crippen molar-refractivity contribution >= 4 is 50.9 Å². The number of hydrogen-bond donors (Lipinski definition) is 1. The van der Waals surface area contributed by atoms with Crippen LogP contribution < -0.4 is 5.32 Å². The molecule has 1 heterocycles. The zero-order valence-electron chi connectivity index (χ0n) is 15.2. The molecule has 8 heteroatoms. The van der Waals surface area contributed by atoms with Crippen LogP contribution in [0.3, 0.4) is 0 Å². The second-order valence-corrected chi connectivity index (χ2v) is 8.28. The van der Waals surface area contributed by atoms with E-state index in [1.54, 1.807) is 16.8 Å². The van der Waals surface area contributed by atoms with E-state index < -0.39 is 0 Å². The van der Waals surface area contributed by atoms with Crippen molar-refractivity contribution < 1.29 is 4.79 Å². The lowest BCUT2D eigenvalue weighted by atomic mass is 10.2. The van der Waals surface area contributed by atoms with Gasteiger partial charge in [0.15, 0.2) is 5.82 Å². The number of carbonyl (C=O) groups is 1. The van der Waals surface area contributed by atoms with Crippen molar-refractivity contribution in [2.24, 2.45) is 0 Å². The van der Waals surface area contributed by atoms with E-state index >= 15 is 0 Å². The van der Waals surface area contributed by atoms with Gasteiger partial charge in [-0.05, 0) is 36.8 Å². The van der Waals surface area contributed by atoms with Gasteiger partial charge in [-0.3, -0.25) is 4.79 Å². The predicted octanol–water partition coefficient (Wildman–Crippen LogP) is 5.59. The fourth-order valence-corrected chi connectivity index (χ4v) is 3.56. The Balaban J connectivity index is 1.71. The molecule has 0 aliphatic heterocycles. The Kier molecular flexibility index (Phi) is 6.93. The number of aryl methyl sites for hydroxylation is 1. The second-order valence-electron chi connectivity index (χ2n) is 6.02. The van der Waals surface area contributed by atoms with Crippen molar-refractivity contribution in [1.29, 1.82) is 0 Å². The lowest BCUT2D eigenvalue weighted by Gasteiger charge is -2.07. The van der Waals surface area contributed by atoms with E-state index in [2.05, 4.69) is 37.9 Å². The third kappa shape index (κ3) is 5.25. The number of aromatic nitrogens is 3. The van der Waals surface area contributed by atoms with E-state index in [0.717, 1.165) is 21.4 Å². The molecule has 0 saturated carbocycles. The van der Waals surface area contributed by atoms with E-state index in [9.17, 15) is 4.79 Å². The Morgan fingerprint density at radius 1 is 1.32 bits per heavy atom. The number of rotatable bonds is 7. The Bertz CT molecular complexity index is 1000. The van der Waals surface area contributed by atoms with Crippen LogP contribution in [0.5, 0.6) is 0 Å². The minimum absolute atomic E-state index is 0.164. The zero-order valence-corrected chi connectivity index (χ0v) is 18.3. The highest BCUT2D eigenvalue weighted by atomic mass is 79.9. The highest BCUT2D eigenvalue weighted by molar-refractivity contribution is 9.10. The van der Waals surface area contributed by atoms with Gasteiger partial charge in [-0.15, -0.1) is 11.7 Å². The summed E-state index contributed by atoms with van der Waals surface area (Å²) in [5.74, 6) is 0.752. The van der Waals surface area contributed by atoms with Crippen LogP contribution >= 0.6 is 39.3 Å². The summed E-state index contributed by atoms with van der Waals surface area (Å²) in [6.45, 7) is 6.25. The van der Waals surface area contributed by atoms with Crippen LogP contribution in [0.1, 0.15) is 5.56 Å². The Morgan fingerprint density at radius 2 is 2.07 bits per heavy atom. The largest absolute Gasteiger partial charge is 0.324 e. The smallest absolute Gasteiger partial charge is 0.234 e. The van der Waals surface area contributed by atoms with Gasteiger partial charge in [0.2, 0.25) is 11.1 Å². The van der Waals surface area contributed by atoms with E-state index in [4.69, 9.17) is 11.6 Å². The standard InChI is InChI=1S/C20H18BrClN4OS/c1-3-10-26-19(14-5-7-15(21)8-6-14)24-20(25-26)28-12-18(27)23-17-11-13(2)4-9-16(17)22/h3-9,11H,1,10,12H2,2H3,(H,23,27). The van der Waals surface area contributed by atoms with Gasteiger partial charge in [-0.2, -0.15) is 0 Å². The summed E-state index contributed by atoms with van der Waals surface area (Å²) in [5.41, 5.74) is 2.57. The van der Waals surface area contributed by atoms with Crippen LogP contribution in [0.25, 0.3) is 11.4 Å². The van der Waals surface area contributed by atoms with Crippen molar-refractivity contribution in [3.8, 4) is 11.4 Å². The molecule has 1 N–H and O–H groups in total. The normalized spacial score (nSPS) is 10.7. The van der Waals surface area contributed by atoms with Gasteiger partial charge in [0, 0.05) is 10.0 Å². The molecule has 0 unspecified atom stereocenters. The Morgan fingerprint density at radius 3 is 2.79 bits per heavy atom. The van der Waals surface area contributed by atoms with Gasteiger partial charge in [0.05, 0.1) is 23.0 Å². The molecular formula is C20H18BrClN4OS. The van der Waals surface area contributed by atoms with Crippen molar-refractivity contribution in [2.45, 2.75) is 18.6 Å². The van der Waals surface area contributed by atoms with Gasteiger partial charge >= 0.3 is 0 Å². The quantitative estimate of drug-likeness (QED) is 0.356. The molecule has 3 aromatic rings. The number of anilines is 1. The summed E-state index contributed by atoms with van der Waals surface area (Å²) in [6, 6.07) is 13.3. The van der Waals surface area contributed by atoms with Gasteiger partial charge in [-0.25, -0.2) is 9.67 Å². The maximum absolute atomic E-state index is 12.3. The SMILES string of the molecule is C=CCn1nc(SCC(=O)Nc2cc(C)ccc2Cl)nc1-c1ccc(Br)cc1. The number of thioether (sulfide) groups is 1. The first-order chi connectivity index (χ1) is 13.5. The number of allylic oxidation sites excluding steroid dienone is 1. The zero-order chi connectivity index (χ0) is 20.1. The molecule has 0 bridgehead atoms. The lowest BCUT2D eigenvalue weighted by Crippen LogP contribution is -2.14. The molecule has 1 amide bonds. The first kappa shape index (κ1) is 20.6. The van der Waals surface area contributed by atoms with Crippen molar-refractivity contribution in [3.63, 3.8) is 0 Å². The maximum Gasteiger partial charge on any atom is 0.234 e. The van der Waals surface area contributed by atoms with Crippen molar-refractivity contribution in [3.05, 3.63) is 70.2 Å². The first-order valence-electron chi connectivity index (χ1n) is 8.46. The molecule has 144 valence electrons. The average molecular weight is 478 g/mol. The van der Waals surface area contributed by atoms with Crippen LogP contribution in [0, 0.1) is 6.92 Å². The molecule has 0 atom stereocenters. The number of amides is 1. The van der Waals surface area contributed by atoms with Crippen molar-refractivity contribution in [2.75, 3.05) is 11.1 Å². The minimum Gasteiger partial charge on any atom is -0.324 e. The number of hydrogen-bond acceptors (Lipinski definition) is 4. The fourth-order valence-electron chi connectivity index (χ4n) is 2.50. The number of nitrogens with zero attached hydrogens (tertiary/aromatic N) is 3. The van der Waals surface area contributed by atoms with E-state index in [-0.39, 0.29) is 11.7 Å². The van der Waals surface area contributed by atoms with Crippen LogP contribution in [-0.4, -0.2) is 26.4 Å². The summed E-state index contributed by atoms with van der Waals surface area (Å²) in [4.78, 5) is 16.9. The third-order valence-electron chi connectivity index (χ3n) is 3.79. The Labute approximate surface area is 181 Å². The first-order valence-corrected chi connectivity index (χ1v) is 10.6. The molecule has 0 radical (unpaired) electrons. The third-order valence-corrected chi connectivity index (χ3v) is 5.48. The average Bonchev–Trinajstić information content (AvgIpc) is 3.07. The summed E-state index contributed by atoms with van der Waals surface area (Å²) < 4.78 is 2.76. The van der Waals surface area contributed by atoms with Crippen LogP contribution in [0.15, 0.2) is 64.7 Å². The topological polar surface area (TPSA) is 59.8 Å². The Hall–Kier alpha value is -2.09. The van der Waals surface area contributed by atoms with Crippen molar-refractivity contribution in [1.82, 2.24) is 14.8 Å². The molecule has 2 aromatic carbocycles. The van der Waals surface area contributed by atoms with Crippen LogP contribution in [0.2, 0.25) is 5.02 Å². The second kappa shape index (κ2) is 9.41. The summed E-state index contributed by atoms with van der Waals surface area (Å²) in [5, 5.41) is 8.36. The molecule has 0 aliphatic carbocycles. The van der Waals surface area contributed by atoms with Gasteiger partial charge in [-0.1, -0.05) is 63.6 Å². The molecular weight excluding hydrogens is 460 g/mol. The number of carbonyl (C=O) groups excluding carboxylic acids is 1. The van der Waals surface area contributed by atoms with Crippen LogP contribution in [0.4, 0.5) is 5.69 Å².